The number of carbonyl (C=O) groups excluding carboxylic acids is 4. The highest BCUT2D eigenvalue weighted by Crippen LogP contribution is 2.45. The van der Waals surface area contributed by atoms with Gasteiger partial charge in [-0.25, -0.2) is 9.13 Å². The Hall–Kier alpha value is -1.94. The predicted molar refractivity (Wildman–Crippen MR) is 372 cm³/mol. The fourth-order valence-electron chi connectivity index (χ4n) is 11.0. The van der Waals surface area contributed by atoms with E-state index in [0.29, 0.717) is 25.7 Å². The topological polar surface area (TPSA) is 237 Å². The van der Waals surface area contributed by atoms with Gasteiger partial charge >= 0.3 is 39.5 Å². The van der Waals surface area contributed by atoms with E-state index in [0.717, 1.165) is 114 Å². The van der Waals surface area contributed by atoms with Crippen molar-refractivity contribution >= 4 is 39.5 Å². The molecule has 3 N–H and O–H groups in total. The molecule has 92 heavy (non-hydrogen) atoms. The van der Waals surface area contributed by atoms with Crippen LogP contribution in [-0.2, 0) is 65.4 Å². The van der Waals surface area contributed by atoms with Gasteiger partial charge in [0.25, 0.3) is 0 Å². The fraction of sp³-hybridized carbons (Fsp3) is 0.945. The van der Waals surface area contributed by atoms with Crippen LogP contribution in [0.2, 0.25) is 0 Å². The van der Waals surface area contributed by atoms with E-state index in [-0.39, 0.29) is 25.7 Å². The van der Waals surface area contributed by atoms with Crippen molar-refractivity contribution in [3.8, 4) is 0 Å². The fourth-order valence-corrected chi connectivity index (χ4v) is 12.6. The Morgan fingerprint density at radius 2 is 0.554 bits per heavy atom. The Bertz CT molecular complexity index is 1800. The van der Waals surface area contributed by atoms with E-state index in [9.17, 15) is 43.2 Å². The van der Waals surface area contributed by atoms with E-state index in [2.05, 4.69) is 48.5 Å². The first-order valence-corrected chi connectivity index (χ1v) is 40.9. The Morgan fingerprint density at radius 3 is 0.826 bits per heavy atom. The smallest absolute Gasteiger partial charge is 0.462 e. The van der Waals surface area contributed by atoms with E-state index in [4.69, 9.17) is 37.0 Å². The lowest BCUT2D eigenvalue weighted by Gasteiger charge is -2.21. The lowest BCUT2D eigenvalue weighted by molar-refractivity contribution is -0.161. The molecule has 19 heteroatoms. The van der Waals surface area contributed by atoms with Crippen LogP contribution in [0, 0.1) is 17.8 Å². The summed E-state index contributed by atoms with van der Waals surface area (Å²) >= 11 is 0. The van der Waals surface area contributed by atoms with Crippen molar-refractivity contribution in [3.63, 3.8) is 0 Å². The number of aliphatic hydroxyl groups excluding tert-OH is 1. The van der Waals surface area contributed by atoms with Gasteiger partial charge in [-0.2, -0.15) is 0 Å². The number of phosphoric acid groups is 2. The largest absolute Gasteiger partial charge is 0.472 e. The third-order valence-corrected chi connectivity index (χ3v) is 19.1. The van der Waals surface area contributed by atoms with Crippen molar-refractivity contribution in [2.75, 3.05) is 39.6 Å². The molecule has 0 radical (unpaired) electrons. The molecule has 0 heterocycles. The van der Waals surface area contributed by atoms with E-state index in [1.807, 2.05) is 0 Å². The summed E-state index contributed by atoms with van der Waals surface area (Å²) in [5.41, 5.74) is 0. The second kappa shape index (κ2) is 63.8. The number of carbonyl (C=O) groups is 4. The van der Waals surface area contributed by atoms with Gasteiger partial charge in [0, 0.05) is 25.7 Å². The van der Waals surface area contributed by atoms with Gasteiger partial charge in [-0.05, 0) is 43.4 Å². The molecule has 0 aliphatic rings. The number of hydrogen-bond donors (Lipinski definition) is 3. The third kappa shape index (κ3) is 65.4. The van der Waals surface area contributed by atoms with Gasteiger partial charge in [-0.3, -0.25) is 37.3 Å². The molecule has 3 unspecified atom stereocenters. The average Bonchev–Trinajstić information content (AvgIpc) is 1.63. The third-order valence-electron chi connectivity index (χ3n) is 17.2. The maximum absolute atomic E-state index is 13.0. The van der Waals surface area contributed by atoms with Crippen LogP contribution >= 0.6 is 15.6 Å². The number of ether oxygens (including phenoxy) is 4. The Balaban J connectivity index is 5.16. The minimum atomic E-state index is -4.95. The predicted octanol–water partition coefficient (Wildman–Crippen LogP) is 21.0. The van der Waals surface area contributed by atoms with E-state index < -0.39 is 97.5 Å². The van der Waals surface area contributed by atoms with Crippen LogP contribution in [0.15, 0.2) is 0 Å². The second-order valence-corrected chi connectivity index (χ2v) is 30.4. The molecule has 0 bridgehead atoms. The van der Waals surface area contributed by atoms with Gasteiger partial charge < -0.3 is 33.8 Å². The molecular weight excluding hydrogens is 1210 g/mol. The van der Waals surface area contributed by atoms with E-state index in [1.54, 1.807) is 0 Å². The van der Waals surface area contributed by atoms with Crippen molar-refractivity contribution in [1.82, 2.24) is 0 Å². The first kappa shape index (κ1) is 90.1. The average molecular weight is 1350 g/mol. The summed E-state index contributed by atoms with van der Waals surface area (Å²) in [6, 6.07) is 0. The molecule has 17 nitrogen and oxygen atoms in total. The van der Waals surface area contributed by atoms with Crippen molar-refractivity contribution < 1.29 is 80.2 Å². The van der Waals surface area contributed by atoms with Crippen LogP contribution in [0.1, 0.15) is 370 Å². The van der Waals surface area contributed by atoms with Crippen LogP contribution in [-0.4, -0.2) is 96.7 Å². The normalized spacial score (nSPS) is 14.4. The molecule has 0 rings (SSSR count). The lowest BCUT2D eigenvalue weighted by atomic mass is 9.99. The number of esters is 4. The van der Waals surface area contributed by atoms with Crippen LogP contribution < -0.4 is 0 Å². The van der Waals surface area contributed by atoms with E-state index in [1.165, 1.54) is 173 Å². The minimum absolute atomic E-state index is 0.105. The molecule has 0 aromatic carbocycles. The van der Waals surface area contributed by atoms with Crippen LogP contribution in [0.25, 0.3) is 0 Å². The first-order chi connectivity index (χ1) is 44.3. The first-order valence-electron chi connectivity index (χ1n) is 37.9. The highest BCUT2D eigenvalue weighted by atomic mass is 31.2. The lowest BCUT2D eigenvalue weighted by Crippen LogP contribution is -2.30. The highest BCUT2D eigenvalue weighted by molar-refractivity contribution is 7.47. The Labute approximate surface area is 562 Å². The number of rotatable bonds is 71. The number of aliphatic hydroxyl groups is 1. The summed E-state index contributed by atoms with van der Waals surface area (Å²) < 4.78 is 68.2. The van der Waals surface area contributed by atoms with E-state index >= 15 is 0 Å². The highest BCUT2D eigenvalue weighted by Gasteiger charge is 2.30. The Kier molecular flexibility index (Phi) is 62.4. The van der Waals surface area contributed by atoms with Gasteiger partial charge in [0.2, 0.25) is 0 Å². The monoisotopic (exact) mass is 1350 g/mol. The number of phosphoric ester groups is 2. The standard InChI is InChI=1S/C73H142O17P2/c1-8-10-11-37-47-54-70(75)83-60-68(89-72(77)57-50-43-36-30-24-23-26-32-39-45-52-65(5)6)62-87-91(79,80)85-58-67(74)59-86-92(81,82)88-63-69(61-84-71(76)55-48-41-34-28-21-18-14-15-19-25-31-38-44-51-64(3)4)90-73(78)56-49-42-35-29-22-17-13-12-16-20-27-33-40-46-53-66(7)9-2/h64-69,74H,8-63H2,1-7H3,(H,79,80)(H,81,82)/t66?,67-,68+,69+/m0/s1. The van der Waals surface area contributed by atoms with Gasteiger partial charge in [-0.15, -0.1) is 0 Å². The summed E-state index contributed by atoms with van der Waals surface area (Å²) in [6.45, 7) is 11.8. The van der Waals surface area contributed by atoms with Gasteiger partial charge in [-0.1, -0.05) is 318 Å². The van der Waals surface area contributed by atoms with Crippen LogP contribution in [0.3, 0.4) is 0 Å². The number of hydrogen-bond acceptors (Lipinski definition) is 15. The molecule has 0 aromatic heterocycles. The summed E-state index contributed by atoms with van der Waals surface area (Å²) in [7, 11) is -9.90. The molecule has 0 spiro atoms. The molecule has 0 saturated carbocycles. The van der Waals surface area contributed by atoms with Crippen molar-refractivity contribution in [3.05, 3.63) is 0 Å². The minimum Gasteiger partial charge on any atom is -0.462 e. The molecule has 0 aromatic rings. The molecule has 0 amide bonds. The maximum Gasteiger partial charge on any atom is 0.472 e. The summed E-state index contributed by atoms with van der Waals surface area (Å²) in [6.07, 6.45) is 48.9. The van der Waals surface area contributed by atoms with Crippen LogP contribution in [0.4, 0.5) is 0 Å². The molecule has 546 valence electrons. The van der Waals surface area contributed by atoms with Crippen molar-refractivity contribution in [1.29, 1.82) is 0 Å². The van der Waals surface area contributed by atoms with Gasteiger partial charge in [0.15, 0.2) is 12.2 Å². The molecule has 0 fully saturated rings. The summed E-state index contributed by atoms with van der Waals surface area (Å²) in [5, 5.41) is 10.6. The molecule has 0 aliphatic heterocycles. The maximum atomic E-state index is 13.0. The molecular formula is C73H142O17P2. The second-order valence-electron chi connectivity index (χ2n) is 27.5. The summed E-state index contributed by atoms with van der Waals surface area (Å²) in [4.78, 5) is 72.4. The zero-order chi connectivity index (χ0) is 68.0. The summed E-state index contributed by atoms with van der Waals surface area (Å²) in [5.74, 6) is 0.257. The van der Waals surface area contributed by atoms with Gasteiger partial charge in [0.1, 0.15) is 19.3 Å². The zero-order valence-corrected chi connectivity index (χ0v) is 61.8. The van der Waals surface area contributed by atoms with Crippen LogP contribution in [0.5, 0.6) is 0 Å². The quantitative estimate of drug-likeness (QED) is 0.0222. The van der Waals surface area contributed by atoms with Crippen molar-refractivity contribution in [2.45, 2.75) is 388 Å². The Morgan fingerprint density at radius 1 is 0.315 bits per heavy atom. The molecule has 0 aliphatic carbocycles. The molecule has 6 atom stereocenters. The number of unbranched alkanes of at least 4 members (excludes halogenated alkanes) is 38. The molecule has 0 saturated heterocycles. The zero-order valence-electron chi connectivity index (χ0n) is 60.0. The SMILES string of the molecule is CCCCCCCC(=O)OC[C@H](COP(=O)(O)OC[C@H](O)COP(=O)(O)OC[C@@H](COC(=O)CCCCCCCCCCCCCCCC(C)C)OC(=O)CCCCCCCCCCCCCCCCC(C)CC)OC(=O)CCCCCCCCCCCCC(C)C. The van der Waals surface area contributed by atoms with Gasteiger partial charge in [0.05, 0.1) is 26.4 Å². The van der Waals surface area contributed by atoms with Crippen molar-refractivity contribution in [2.24, 2.45) is 17.8 Å².